The average molecular weight is 563 g/mol. The van der Waals surface area contributed by atoms with Gasteiger partial charge in [-0.1, -0.05) is 13.8 Å². The maximum atomic E-state index is 15.2. The fourth-order valence-corrected chi connectivity index (χ4v) is 4.69. The van der Waals surface area contributed by atoms with E-state index in [0.717, 1.165) is 30.2 Å². The highest BCUT2D eigenvalue weighted by molar-refractivity contribution is 5.86. The lowest BCUT2D eigenvalue weighted by molar-refractivity contribution is -0.286. The fraction of sp³-hybridized carbons (Fsp3) is 0.483. The number of halogens is 3. The van der Waals surface area contributed by atoms with E-state index in [1.165, 1.54) is 24.3 Å². The highest BCUT2D eigenvalue weighted by Gasteiger charge is 2.43. The van der Waals surface area contributed by atoms with Crippen molar-refractivity contribution in [2.45, 2.75) is 70.7 Å². The minimum atomic E-state index is -3.73. The van der Waals surface area contributed by atoms with Crippen LogP contribution in [0.5, 0.6) is 11.5 Å². The molecular weight excluding hydrogens is 529 g/mol. The molecule has 1 unspecified atom stereocenters. The first-order chi connectivity index (χ1) is 18.8. The smallest absolute Gasteiger partial charge is 0.395 e. The number of benzene rings is 2. The van der Waals surface area contributed by atoms with Gasteiger partial charge in [-0.2, -0.15) is 0 Å². The number of fused-ring (bicyclic) bond motifs is 2. The number of aliphatic hydroxyl groups excluding tert-OH is 1. The standard InChI is InChI=1S/C25H27F3N2O5.C4H6O/c1-23(2,13-31)22-8-14-7-18(29-15-5-6-20-21(9-15)35-25(27,28)34-20)17(26)10-19(14)30(22)11-16-12-32-24(3,4)33-16;5-3-4-1-2-4/h5-10,16,29,31H,11-13H2,1-4H3;3-4H,1-2H2. The summed E-state index contributed by atoms with van der Waals surface area (Å²) in [5.74, 6) is -1.00. The molecule has 6 rings (SSSR count). The van der Waals surface area contributed by atoms with Gasteiger partial charge in [-0.25, -0.2) is 4.39 Å². The van der Waals surface area contributed by atoms with E-state index in [9.17, 15) is 18.7 Å². The van der Waals surface area contributed by atoms with Gasteiger partial charge in [0.1, 0.15) is 18.2 Å². The summed E-state index contributed by atoms with van der Waals surface area (Å²) in [6.45, 7) is 8.22. The molecule has 1 saturated heterocycles. The highest BCUT2D eigenvalue weighted by Crippen LogP contribution is 2.43. The summed E-state index contributed by atoms with van der Waals surface area (Å²) in [5.41, 5.74) is 1.39. The molecule has 2 aliphatic heterocycles. The maximum Gasteiger partial charge on any atom is 0.586 e. The van der Waals surface area contributed by atoms with Gasteiger partial charge in [0.25, 0.3) is 0 Å². The number of nitrogens with one attached hydrogen (secondary N) is 1. The number of aliphatic hydroxyl groups is 1. The molecule has 0 radical (unpaired) electrons. The molecule has 1 atom stereocenters. The summed E-state index contributed by atoms with van der Waals surface area (Å²) in [6.07, 6.45) is -0.651. The van der Waals surface area contributed by atoms with Crippen LogP contribution in [0.15, 0.2) is 36.4 Å². The zero-order valence-corrected chi connectivity index (χ0v) is 22.8. The Kier molecular flexibility index (Phi) is 7.26. The quantitative estimate of drug-likeness (QED) is 0.349. The summed E-state index contributed by atoms with van der Waals surface area (Å²) in [7, 11) is 0. The molecule has 3 aromatic rings. The van der Waals surface area contributed by atoms with E-state index in [1.54, 1.807) is 6.07 Å². The van der Waals surface area contributed by atoms with Crippen LogP contribution in [-0.4, -0.2) is 47.4 Å². The predicted molar refractivity (Wildman–Crippen MR) is 142 cm³/mol. The normalized spacial score (nSPS) is 20.8. The number of hydrogen-bond donors (Lipinski definition) is 2. The topological polar surface area (TPSA) is 91.2 Å². The zero-order valence-electron chi connectivity index (χ0n) is 22.8. The van der Waals surface area contributed by atoms with Crippen molar-refractivity contribution in [3.05, 3.63) is 47.9 Å². The number of aldehydes is 1. The number of anilines is 2. The van der Waals surface area contributed by atoms with Gasteiger partial charge in [0, 0.05) is 40.2 Å². The Bertz CT molecular complexity index is 1420. The predicted octanol–water partition coefficient (Wildman–Crippen LogP) is 5.86. The van der Waals surface area contributed by atoms with Gasteiger partial charge < -0.3 is 38.7 Å². The van der Waals surface area contributed by atoms with E-state index in [0.29, 0.717) is 30.3 Å². The number of rotatable bonds is 7. The molecule has 2 fully saturated rings. The monoisotopic (exact) mass is 562 g/mol. The Hall–Kier alpha value is -3.28. The van der Waals surface area contributed by atoms with Gasteiger partial charge in [-0.15, -0.1) is 8.78 Å². The van der Waals surface area contributed by atoms with E-state index in [2.05, 4.69) is 14.8 Å². The fourth-order valence-electron chi connectivity index (χ4n) is 4.69. The van der Waals surface area contributed by atoms with Gasteiger partial charge in [0.05, 0.1) is 31.0 Å². The van der Waals surface area contributed by atoms with Crippen LogP contribution in [0.25, 0.3) is 10.9 Å². The number of hydrogen-bond acceptors (Lipinski definition) is 7. The summed E-state index contributed by atoms with van der Waals surface area (Å²) in [5, 5.41) is 13.7. The highest BCUT2D eigenvalue weighted by atomic mass is 19.3. The second-order valence-corrected chi connectivity index (χ2v) is 11.5. The van der Waals surface area contributed by atoms with Crippen molar-refractivity contribution in [3.63, 3.8) is 0 Å². The van der Waals surface area contributed by atoms with Gasteiger partial charge in [-0.3, -0.25) is 0 Å². The summed E-state index contributed by atoms with van der Waals surface area (Å²) >= 11 is 0. The van der Waals surface area contributed by atoms with E-state index in [1.807, 2.05) is 38.3 Å². The number of aromatic nitrogens is 1. The van der Waals surface area contributed by atoms with Crippen LogP contribution in [-0.2, 0) is 26.2 Å². The van der Waals surface area contributed by atoms with Crippen LogP contribution in [0.2, 0.25) is 0 Å². The average Bonchev–Trinajstić information content (AvgIpc) is 3.48. The van der Waals surface area contributed by atoms with Crippen LogP contribution in [0, 0.1) is 11.7 Å². The molecule has 8 nitrogen and oxygen atoms in total. The minimum Gasteiger partial charge on any atom is -0.395 e. The van der Waals surface area contributed by atoms with E-state index >= 15 is 4.39 Å². The van der Waals surface area contributed by atoms with Crippen molar-refractivity contribution in [2.75, 3.05) is 18.5 Å². The van der Waals surface area contributed by atoms with Crippen molar-refractivity contribution in [1.29, 1.82) is 0 Å². The Morgan fingerprint density at radius 2 is 1.85 bits per heavy atom. The third-order valence-electron chi connectivity index (χ3n) is 7.03. The first-order valence-corrected chi connectivity index (χ1v) is 13.2. The van der Waals surface area contributed by atoms with E-state index in [-0.39, 0.29) is 29.9 Å². The zero-order chi connectivity index (χ0) is 28.9. The molecular formula is C29H33F3N2O6. The molecule has 2 aromatic carbocycles. The molecule has 3 aliphatic rings. The van der Waals surface area contributed by atoms with Crippen molar-refractivity contribution >= 4 is 28.6 Å². The largest absolute Gasteiger partial charge is 0.586 e. The molecule has 2 N–H and O–H groups in total. The lowest BCUT2D eigenvalue weighted by Crippen LogP contribution is -2.29. The van der Waals surface area contributed by atoms with Gasteiger partial charge >= 0.3 is 6.29 Å². The number of carbonyl (C=O) groups excluding carboxylic acids is 1. The SMILES string of the molecule is CC1(C)OCC(Cn2c(C(C)(C)CO)cc3cc(Nc4ccc5c(c4)OC(F)(F)O5)c(F)cc32)O1.O=CC1CC1. The Balaban J connectivity index is 0.000000582. The van der Waals surface area contributed by atoms with E-state index < -0.39 is 23.3 Å². The third kappa shape index (κ3) is 6.06. The molecule has 216 valence electrons. The first-order valence-electron chi connectivity index (χ1n) is 13.2. The van der Waals surface area contributed by atoms with Crippen molar-refractivity contribution < 1.29 is 42.0 Å². The van der Waals surface area contributed by atoms with Crippen LogP contribution in [0.1, 0.15) is 46.2 Å². The van der Waals surface area contributed by atoms with Crippen molar-refractivity contribution in [1.82, 2.24) is 4.57 Å². The van der Waals surface area contributed by atoms with Gasteiger partial charge in [-0.05, 0) is 51.0 Å². The number of ether oxygens (including phenoxy) is 4. The second-order valence-electron chi connectivity index (χ2n) is 11.5. The van der Waals surface area contributed by atoms with Crippen LogP contribution in [0.3, 0.4) is 0 Å². The first kappa shape index (κ1) is 28.3. The lowest BCUT2D eigenvalue weighted by atomic mass is 9.90. The third-order valence-corrected chi connectivity index (χ3v) is 7.03. The molecule has 1 saturated carbocycles. The van der Waals surface area contributed by atoms with Crippen LogP contribution in [0.4, 0.5) is 24.5 Å². The number of nitrogens with zero attached hydrogens (tertiary/aromatic N) is 1. The molecule has 0 spiro atoms. The molecule has 0 amide bonds. The molecule has 1 aromatic heterocycles. The molecule has 0 bridgehead atoms. The summed E-state index contributed by atoms with van der Waals surface area (Å²) < 4.78 is 64.4. The Morgan fingerprint density at radius 3 is 2.45 bits per heavy atom. The Morgan fingerprint density at radius 1 is 1.12 bits per heavy atom. The van der Waals surface area contributed by atoms with Crippen LogP contribution >= 0.6 is 0 Å². The maximum absolute atomic E-state index is 15.2. The minimum absolute atomic E-state index is 0.0919. The second kappa shape index (κ2) is 10.3. The van der Waals surface area contributed by atoms with Gasteiger partial charge in [0.15, 0.2) is 17.3 Å². The lowest BCUT2D eigenvalue weighted by Gasteiger charge is -2.26. The van der Waals surface area contributed by atoms with Crippen LogP contribution < -0.4 is 14.8 Å². The number of alkyl halides is 2. The van der Waals surface area contributed by atoms with Crippen molar-refractivity contribution in [3.8, 4) is 11.5 Å². The summed E-state index contributed by atoms with van der Waals surface area (Å²) in [6, 6.07) is 9.13. The Labute approximate surface area is 230 Å². The molecule has 11 heteroatoms. The molecule has 3 heterocycles. The van der Waals surface area contributed by atoms with E-state index in [4.69, 9.17) is 9.47 Å². The number of carbonyl (C=O) groups is 1. The molecule has 1 aliphatic carbocycles. The summed E-state index contributed by atoms with van der Waals surface area (Å²) in [4.78, 5) is 9.57. The molecule has 40 heavy (non-hydrogen) atoms. The van der Waals surface area contributed by atoms with Gasteiger partial charge in [0.2, 0.25) is 0 Å². The van der Waals surface area contributed by atoms with Crippen molar-refractivity contribution in [2.24, 2.45) is 5.92 Å².